The number of aromatic nitrogens is 3. The summed E-state index contributed by atoms with van der Waals surface area (Å²) < 4.78 is 0. The maximum Gasteiger partial charge on any atom is 0.285 e. The van der Waals surface area contributed by atoms with Gasteiger partial charge in [-0.2, -0.15) is 0 Å². The molecule has 2 aromatic heterocycles. The third kappa shape index (κ3) is 2.01. The standard InChI is InChI=1S/C10H9N5O/c11-15-10(16)9-6-13-5-8(14-9)7-2-1-3-12-4-7/h1-6H,11H2,(H,15,16). The van der Waals surface area contributed by atoms with Crippen LogP contribution in [0.4, 0.5) is 0 Å². The second-order valence-electron chi connectivity index (χ2n) is 3.00. The zero-order chi connectivity index (χ0) is 11.4. The lowest BCUT2D eigenvalue weighted by Crippen LogP contribution is -2.30. The van der Waals surface area contributed by atoms with E-state index in [1.807, 2.05) is 11.5 Å². The molecule has 0 saturated heterocycles. The minimum Gasteiger partial charge on any atom is -0.289 e. The molecule has 0 radical (unpaired) electrons. The van der Waals surface area contributed by atoms with E-state index in [-0.39, 0.29) is 5.69 Å². The van der Waals surface area contributed by atoms with Gasteiger partial charge in [0.05, 0.1) is 18.1 Å². The summed E-state index contributed by atoms with van der Waals surface area (Å²) in [5.74, 6) is 4.54. The zero-order valence-corrected chi connectivity index (χ0v) is 8.29. The van der Waals surface area contributed by atoms with Crippen molar-refractivity contribution in [3.63, 3.8) is 0 Å². The molecule has 0 saturated carbocycles. The molecule has 0 aliphatic heterocycles. The molecule has 0 aliphatic rings. The van der Waals surface area contributed by atoms with E-state index < -0.39 is 5.91 Å². The van der Waals surface area contributed by atoms with Gasteiger partial charge in [-0.1, -0.05) is 0 Å². The van der Waals surface area contributed by atoms with Crippen molar-refractivity contribution in [2.45, 2.75) is 0 Å². The molecule has 0 bridgehead atoms. The molecule has 3 N–H and O–H groups in total. The summed E-state index contributed by atoms with van der Waals surface area (Å²) in [5, 5.41) is 0. The Morgan fingerprint density at radius 2 is 2.12 bits per heavy atom. The maximum atomic E-state index is 11.2. The monoisotopic (exact) mass is 215 g/mol. The van der Waals surface area contributed by atoms with Crippen molar-refractivity contribution in [2.75, 3.05) is 0 Å². The number of carbonyl (C=O) groups is 1. The number of hydrogen-bond acceptors (Lipinski definition) is 5. The van der Waals surface area contributed by atoms with E-state index >= 15 is 0 Å². The molecular weight excluding hydrogens is 206 g/mol. The Morgan fingerprint density at radius 3 is 2.81 bits per heavy atom. The Balaban J connectivity index is 2.40. The first-order chi connectivity index (χ1) is 7.81. The van der Waals surface area contributed by atoms with Gasteiger partial charge in [-0.15, -0.1) is 0 Å². The van der Waals surface area contributed by atoms with Crippen LogP contribution in [0.1, 0.15) is 10.5 Å². The van der Waals surface area contributed by atoms with Crippen molar-refractivity contribution in [3.05, 3.63) is 42.6 Å². The highest BCUT2D eigenvalue weighted by Gasteiger charge is 2.07. The lowest BCUT2D eigenvalue weighted by Gasteiger charge is -2.02. The van der Waals surface area contributed by atoms with Crippen LogP contribution in [0.3, 0.4) is 0 Å². The van der Waals surface area contributed by atoms with Crippen LogP contribution in [0, 0.1) is 0 Å². The Bertz CT molecular complexity index is 500. The highest BCUT2D eigenvalue weighted by Crippen LogP contribution is 2.13. The van der Waals surface area contributed by atoms with Crippen molar-refractivity contribution in [2.24, 2.45) is 5.84 Å². The van der Waals surface area contributed by atoms with Gasteiger partial charge >= 0.3 is 0 Å². The first-order valence-corrected chi connectivity index (χ1v) is 4.54. The van der Waals surface area contributed by atoms with Gasteiger partial charge in [0.1, 0.15) is 5.69 Å². The number of carbonyl (C=O) groups excluding carboxylic acids is 1. The summed E-state index contributed by atoms with van der Waals surface area (Å²) in [5.41, 5.74) is 3.54. The number of nitrogens with zero attached hydrogens (tertiary/aromatic N) is 3. The minimum atomic E-state index is -0.474. The van der Waals surface area contributed by atoms with Crippen LogP contribution >= 0.6 is 0 Å². The van der Waals surface area contributed by atoms with Gasteiger partial charge in [-0.05, 0) is 12.1 Å². The van der Waals surface area contributed by atoms with E-state index in [1.165, 1.54) is 6.20 Å². The average molecular weight is 215 g/mol. The fourth-order valence-electron chi connectivity index (χ4n) is 1.20. The normalized spacial score (nSPS) is 9.81. The van der Waals surface area contributed by atoms with Gasteiger partial charge in [-0.3, -0.25) is 20.2 Å². The number of nitrogen functional groups attached to an aromatic ring is 1. The molecular formula is C10H9N5O. The van der Waals surface area contributed by atoms with E-state index in [2.05, 4.69) is 15.0 Å². The highest BCUT2D eigenvalue weighted by molar-refractivity contribution is 5.91. The number of nitrogens with two attached hydrogens (primary N) is 1. The van der Waals surface area contributed by atoms with Gasteiger partial charge in [-0.25, -0.2) is 10.8 Å². The summed E-state index contributed by atoms with van der Waals surface area (Å²) in [6.07, 6.45) is 6.22. The van der Waals surface area contributed by atoms with Crippen LogP contribution in [0.25, 0.3) is 11.3 Å². The second kappa shape index (κ2) is 4.45. The highest BCUT2D eigenvalue weighted by atomic mass is 16.2. The van der Waals surface area contributed by atoms with Gasteiger partial charge < -0.3 is 0 Å². The Labute approximate surface area is 91.5 Å². The predicted octanol–water partition coefficient (Wildman–Crippen LogP) is 0.142. The third-order valence-corrected chi connectivity index (χ3v) is 1.96. The van der Waals surface area contributed by atoms with Crippen molar-refractivity contribution in [1.29, 1.82) is 0 Å². The molecule has 2 rings (SSSR count). The van der Waals surface area contributed by atoms with E-state index in [0.29, 0.717) is 5.69 Å². The van der Waals surface area contributed by atoms with Crippen molar-refractivity contribution in [1.82, 2.24) is 20.4 Å². The van der Waals surface area contributed by atoms with Gasteiger partial charge in [0, 0.05) is 18.0 Å². The van der Waals surface area contributed by atoms with Crippen LogP contribution in [-0.2, 0) is 0 Å². The van der Waals surface area contributed by atoms with Crippen molar-refractivity contribution < 1.29 is 4.79 Å². The Morgan fingerprint density at radius 1 is 1.25 bits per heavy atom. The Kier molecular flexibility index (Phi) is 2.84. The summed E-state index contributed by atoms with van der Waals surface area (Å²) >= 11 is 0. The molecule has 0 fully saturated rings. The number of hydrogen-bond donors (Lipinski definition) is 2. The summed E-state index contributed by atoms with van der Waals surface area (Å²) in [7, 11) is 0. The summed E-state index contributed by atoms with van der Waals surface area (Å²) in [6, 6.07) is 3.62. The molecule has 1 amide bonds. The van der Waals surface area contributed by atoms with Crippen LogP contribution in [-0.4, -0.2) is 20.9 Å². The van der Waals surface area contributed by atoms with Crippen LogP contribution in [0.5, 0.6) is 0 Å². The topological polar surface area (TPSA) is 93.8 Å². The zero-order valence-electron chi connectivity index (χ0n) is 8.29. The number of nitrogens with one attached hydrogen (secondary N) is 1. The predicted molar refractivity (Wildman–Crippen MR) is 56.9 cm³/mol. The molecule has 0 aliphatic carbocycles. The number of pyridine rings is 1. The van der Waals surface area contributed by atoms with Crippen LogP contribution in [0.2, 0.25) is 0 Å². The molecule has 0 aromatic carbocycles. The average Bonchev–Trinajstić information content (AvgIpc) is 2.39. The third-order valence-electron chi connectivity index (χ3n) is 1.96. The first kappa shape index (κ1) is 10.2. The molecule has 16 heavy (non-hydrogen) atoms. The fourth-order valence-corrected chi connectivity index (χ4v) is 1.20. The fraction of sp³-hybridized carbons (Fsp3) is 0. The molecule has 80 valence electrons. The van der Waals surface area contributed by atoms with Crippen LogP contribution < -0.4 is 11.3 Å². The number of hydrazine groups is 1. The summed E-state index contributed by atoms with van der Waals surface area (Å²) in [6.45, 7) is 0. The molecule has 0 spiro atoms. The van der Waals surface area contributed by atoms with Gasteiger partial charge in [0.2, 0.25) is 0 Å². The van der Waals surface area contributed by atoms with Crippen LogP contribution in [0.15, 0.2) is 36.9 Å². The second-order valence-corrected chi connectivity index (χ2v) is 3.00. The van der Waals surface area contributed by atoms with E-state index in [9.17, 15) is 4.79 Å². The quantitative estimate of drug-likeness (QED) is 0.422. The number of rotatable bonds is 2. The van der Waals surface area contributed by atoms with Gasteiger partial charge in [0.15, 0.2) is 0 Å². The van der Waals surface area contributed by atoms with Gasteiger partial charge in [0.25, 0.3) is 5.91 Å². The smallest absolute Gasteiger partial charge is 0.285 e. The molecule has 2 heterocycles. The number of amides is 1. The molecule has 0 unspecified atom stereocenters. The largest absolute Gasteiger partial charge is 0.289 e. The maximum absolute atomic E-state index is 11.2. The Hall–Kier alpha value is -2.34. The molecule has 2 aromatic rings. The van der Waals surface area contributed by atoms with E-state index in [1.54, 1.807) is 24.7 Å². The van der Waals surface area contributed by atoms with Crippen molar-refractivity contribution in [3.8, 4) is 11.3 Å². The first-order valence-electron chi connectivity index (χ1n) is 4.54. The lowest BCUT2D eigenvalue weighted by atomic mass is 10.2. The van der Waals surface area contributed by atoms with E-state index in [0.717, 1.165) is 5.56 Å². The summed E-state index contributed by atoms with van der Waals surface area (Å²) in [4.78, 5) is 23.2. The molecule has 6 heteroatoms. The molecule has 6 nitrogen and oxygen atoms in total. The van der Waals surface area contributed by atoms with Crippen molar-refractivity contribution >= 4 is 5.91 Å². The SMILES string of the molecule is NNC(=O)c1cncc(-c2cccnc2)n1. The lowest BCUT2D eigenvalue weighted by molar-refractivity contribution is 0.0948. The minimum absolute atomic E-state index is 0.170. The molecule has 0 atom stereocenters. The van der Waals surface area contributed by atoms with E-state index in [4.69, 9.17) is 5.84 Å².